The number of ether oxygens (including phenoxy) is 2. The van der Waals surface area contributed by atoms with Gasteiger partial charge < -0.3 is 20.5 Å². The van der Waals surface area contributed by atoms with Crippen molar-refractivity contribution in [1.82, 2.24) is 5.32 Å². The molecule has 1 saturated carbocycles. The lowest BCUT2D eigenvalue weighted by molar-refractivity contribution is -0.122. The first-order valence-electron chi connectivity index (χ1n) is 8.04. The Labute approximate surface area is 143 Å². The molecule has 1 heterocycles. The maximum Gasteiger partial charge on any atom is 0.236 e. The average Bonchev–Trinajstić information content (AvgIpc) is 3.02. The van der Waals surface area contributed by atoms with Crippen LogP contribution in [-0.4, -0.2) is 31.7 Å². The number of nitrogens with one attached hydrogen (secondary N) is 1. The van der Waals surface area contributed by atoms with Crippen molar-refractivity contribution in [3.05, 3.63) is 23.8 Å². The van der Waals surface area contributed by atoms with Crippen molar-refractivity contribution in [1.29, 1.82) is 0 Å². The molecule has 1 aromatic carbocycles. The van der Waals surface area contributed by atoms with E-state index in [1.807, 2.05) is 6.07 Å². The molecule has 3 rings (SSSR count). The molecule has 1 amide bonds. The summed E-state index contributed by atoms with van der Waals surface area (Å²) in [5, 5.41) is 3.01. The van der Waals surface area contributed by atoms with E-state index in [1.165, 1.54) is 18.4 Å². The van der Waals surface area contributed by atoms with E-state index in [9.17, 15) is 4.79 Å². The molecule has 6 heteroatoms. The zero-order valence-corrected chi connectivity index (χ0v) is 14.3. The first-order chi connectivity index (χ1) is 10.6. The van der Waals surface area contributed by atoms with E-state index in [0.29, 0.717) is 19.8 Å². The van der Waals surface area contributed by atoms with Gasteiger partial charge in [-0.2, -0.15) is 0 Å². The summed E-state index contributed by atoms with van der Waals surface area (Å²) in [5.41, 5.74) is 6.85. The maximum atomic E-state index is 11.8. The molecular formula is C17H25ClN2O3. The molecule has 1 atom stereocenters. The molecule has 1 fully saturated rings. The van der Waals surface area contributed by atoms with Gasteiger partial charge in [0.1, 0.15) is 13.2 Å². The van der Waals surface area contributed by atoms with Gasteiger partial charge in [0.05, 0.1) is 6.04 Å². The third-order valence-corrected chi connectivity index (χ3v) is 4.73. The molecule has 0 bridgehead atoms. The van der Waals surface area contributed by atoms with Crippen LogP contribution < -0.4 is 20.5 Å². The Morgan fingerprint density at radius 1 is 1.26 bits per heavy atom. The molecule has 0 spiro atoms. The highest BCUT2D eigenvalue weighted by atomic mass is 35.5. The number of halogens is 1. The lowest BCUT2D eigenvalue weighted by Crippen LogP contribution is -2.45. The smallest absolute Gasteiger partial charge is 0.236 e. The first kappa shape index (κ1) is 17.9. The van der Waals surface area contributed by atoms with Gasteiger partial charge in [-0.25, -0.2) is 0 Å². The molecule has 1 aromatic rings. The highest BCUT2D eigenvalue weighted by Crippen LogP contribution is 2.43. The zero-order chi connectivity index (χ0) is 15.6. The Balaban J connectivity index is 0.00000192. The third kappa shape index (κ3) is 3.72. The Morgan fingerprint density at radius 2 is 1.91 bits per heavy atom. The molecule has 0 saturated heterocycles. The summed E-state index contributed by atoms with van der Waals surface area (Å²) >= 11 is 0. The summed E-state index contributed by atoms with van der Waals surface area (Å²) in [5.74, 6) is 1.53. The van der Waals surface area contributed by atoms with Gasteiger partial charge in [0.15, 0.2) is 11.5 Å². The van der Waals surface area contributed by atoms with Crippen LogP contribution >= 0.6 is 12.4 Å². The molecule has 1 aliphatic heterocycles. The fourth-order valence-corrected chi connectivity index (χ4v) is 3.41. The fourth-order valence-electron chi connectivity index (χ4n) is 3.41. The normalized spacial score (nSPS) is 19.6. The Hall–Kier alpha value is -1.46. The minimum Gasteiger partial charge on any atom is -0.486 e. The van der Waals surface area contributed by atoms with Crippen molar-refractivity contribution in [3.63, 3.8) is 0 Å². The van der Waals surface area contributed by atoms with Crippen LogP contribution in [0.2, 0.25) is 0 Å². The lowest BCUT2D eigenvalue weighted by atomic mass is 9.78. The molecule has 0 aromatic heterocycles. The number of hydrogen-bond acceptors (Lipinski definition) is 4. The van der Waals surface area contributed by atoms with Gasteiger partial charge >= 0.3 is 0 Å². The zero-order valence-electron chi connectivity index (χ0n) is 13.5. The van der Waals surface area contributed by atoms with Crippen LogP contribution in [0.1, 0.15) is 38.2 Å². The van der Waals surface area contributed by atoms with Gasteiger partial charge in [-0.1, -0.05) is 18.9 Å². The summed E-state index contributed by atoms with van der Waals surface area (Å²) in [6.07, 6.45) is 4.52. The molecule has 23 heavy (non-hydrogen) atoms. The Morgan fingerprint density at radius 3 is 2.57 bits per heavy atom. The van der Waals surface area contributed by atoms with Gasteiger partial charge in [-0.3, -0.25) is 4.79 Å². The minimum atomic E-state index is -0.473. The third-order valence-electron chi connectivity index (χ3n) is 4.73. The number of nitrogens with two attached hydrogens (primary N) is 1. The molecule has 128 valence electrons. The van der Waals surface area contributed by atoms with E-state index >= 15 is 0 Å². The van der Waals surface area contributed by atoms with Crippen LogP contribution in [0, 0.1) is 0 Å². The van der Waals surface area contributed by atoms with E-state index in [1.54, 1.807) is 6.92 Å². The molecule has 2 aliphatic rings. The second-order valence-corrected chi connectivity index (χ2v) is 6.35. The summed E-state index contributed by atoms with van der Waals surface area (Å²) in [6.45, 7) is 3.53. The van der Waals surface area contributed by atoms with Crippen LogP contribution in [0.3, 0.4) is 0 Å². The van der Waals surface area contributed by atoms with Crippen LogP contribution in [-0.2, 0) is 10.2 Å². The topological polar surface area (TPSA) is 73.6 Å². The predicted octanol–water partition coefficient (Wildman–Crippen LogP) is 2.15. The van der Waals surface area contributed by atoms with Crippen LogP contribution in [0.5, 0.6) is 11.5 Å². The predicted molar refractivity (Wildman–Crippen MR) is 91.5 cm³/mol. The van der Waals surface area contributed by atoms with E-state index in [0.717, 1.165) is 24.3 Å². The van der Waals surface area contributed by atoms with Crippen molar-refractivity contribution >= 4 is 18.3 Å². The maximum absolute atomic E-state index is 11.8. The van der Waals surface area contributed by atoms with Gasteiger partial charge in [0.2, 0.25) is 5.91 Å². The van der Waals surface area contributed by atoms with Crippen molar-refractivity contribution < 1.29 is 14.3 Å². The second kappa shape index (κ2) is 7.41. The summed E-state index contributed by atoms with van der Waals surface area (Å²) in [4.78, 5) is 11.8. The molecule has 0 unspecified atom stereocenters. The molecule has 0 radical (unpaired) electrons. The minimum absolute atomic E-state index is 0. The summed E-state index contributed by atoms with van der Waals surface area (Å²) in [6, 6.07) is 5.70. The van der Waals surface area contributed by atoms with Crippen LogP contribution in [0.25, 0.3) is 0 Å². The van der Waals surface area contributed by atoms with Crippen molar-refractivity contribution in [3.8, 4) is 11.5 Å². The van der Waals surface area contributed by atoms with Gasteiger partial charge in [0.25, 0.3) is 0 Å². The number of carbonyl (C=O) groups excluding carboxylic acids is 1. The number of rotatable bonds is 4. The van der Waals surface area contributed by atoms with Crippen molar-refractivity contribution in [2.75, 3.05) is 19.8 Å². The van der Waals surface area contributed by atoms with Gasteiger partial charge in [0, 0.05) is 12.0 Å². The van der Waals surface area contributed by atoms with E-state index in [4.69, 9.17) is 15.2 Å². The largest absolute Gasteiger partial charge is 0.486 e. The number of carbonyl (C=O) groups is 1. The van der Waals surface area contributed by atoms with E-state index in [-0.39, 0.29) is 23.7 Å². The fraction of sp³-hybridized carbons (Fsp3) is 0.588. The summed E-state index contributed by atoms with van der Waals surface area (Å²) in [7, 11) is 0. The lowest BCUT2D eigenvalue weighted by Gasteiger charge is -2.31. The molecule has 5 nitrogen and oxygen atoms in total. The average molecular weight is 341 g/mol. The highest BCUT2D eigenvalue weighted by Gasteiger charge is 2.37. The Kier molecular flexibility index (Phi) is 5.76. The molecular weight excluding hydrogens is 316 g/mol. The first-order valence-corrected chi connectivity index (χ1v) is 8.04. The second-order valence-electron chi connectivity index (χ2n) is 6.35. The molecule has 1 aliphatic carbocycles. The van der Waals surface area contributed by atoms with Crippen molar-refractivity contribution in [2.45, 2.75) is 44.1 Å². The number of hydrogen-bond donors (Lipinski definition) is 2. The van der Waals surface area contributed by atoms with Crippen molar-refractivity contribution in [2.24, 2.45) is 5.73 Å². The standard InChI is InChI=1S/C17H24N2O3.ClH/c1-12(18)16(20)19-11-17(6-2-3-7-17)13-4-5-14-15(10-13)22-9-8-21-14;/h4-5,10,12H,2-3,6-9,11,18H2,1H3,(H,19,20);1H/t12-;/m0./s1. The van der Waals surface area contributed by atoms with E-state index < -0.39 is 6.04 Å². The van der Waals surface area contributed by atoms with Gasteiger partial charge in [-0.05, 0) is 37.5 Å². The van der Waals surface area contributed by atoms with E-state index in [2.05, 4.69) is 17.4 Å². The van der Waals surface area contributed by atoms with Crippen LogP contribution in [0.4, 0.5) is 0 Å². The van der Waals surface area contributed by atoms with Gasteiger partial charge in [-0.15, -0.1) is 12.4 Å². The number of benzene rings is 1. The van der Waals surface area contributed by atoms with Crippen LogP contribution in [0.15, 0.2) is 18.2 Å². The number of amides is 1. The monoisotopic (exact) mass is 340 g/mol. The molecule has 3 N–H and O–H groups in total. The number of fused-ring (bicyclic) bond motifs is 1. The SMILES string of the molecule is C[C@H](N)C(=O)NCC1(c2ccc3c(c2)OCCO3)CCCC1.Cl. The quantitative estimate of drug-likeness (QED) is 0.880. The highest BCUT2D eigenvalue weighted by molar-refractivity contribution is 5.85. The summed E-state index contributed by atoms with van der Waals surface area (Å²) < 4.78 is 11.3. The Bertz CT molecular complexity index is 557.